The van der Waals surface area contributed by atoms with Crippen LogP contribution in [-0.4, -0.2) is 72.0 Å². The molecule has 0 spiro atoms. The van der Waals surface area contributed by atoms with Gasteiger partial charge in [-0.3, -0.25) is 9.59 Å². The van der Waals surface area contributed by atoms with Crippen LogP contribution in [0.2, 0.25) is 0 Å². The van der Waals surface area contributed by atoms with Crippen molar-refractivity contribution in [2.75, 3.05) is 33.4 Å². The summed E-state index contributed by atoms with van der Waals surface area (Å²) in [5.41, 5.74) is 0.416. The topological polar surface area (TPSA) is 82.4 Å². The normalized spacial score (nSPS) is 23.8. The van der Waals surface area contributed by atoms with Crippen molar-refractivity contribution in [3.05, 3.63) is 0 Å². The van der Waals surface area contributed by atoms with Crippen molar-refractivity contribution < 1.29 is 19.4 Å². The Morgan fingerprint density at radius 2 is 2.19 bits per heavy atom. The van der Waals surface area contributed by atoms with Crippen LogP contribution in [0.15, 0.2) is 5.10 Å². The van der Waals surface area contributed by atoms with Crippen LogP contribution in [0.3, 0.4) is 0 Å². The van der Waals surface area contributed by atoms with Crippen LogP contribution >= 0.6 is 0 Å². The van der Waals surface area contributed by atoms with Crippen molar-refractivity contribution >= 4 is 17.5 Å². The zero-order chi connectivity index (χ0) is 15.2. The second kappa shape index (κ2) is 7.51. The number of methoxy groups -OCH3 is 1. The largest absolute Gasteiger partial charge is 0.394 e. The fourth-order valence-corrected chi connectivity index (χ4v) is 2.71. The third kappa shape index (κ3) is 4.01. The van der Waals surface area contributed by atoms with Crippen LogP contribution in [-0.2, 0) is 14.3 Å². The molecule has 2 rings (SSSR count). The van der Waals surface area contributed by atoms with E-state index < -0.39 is 0 Å². The van der Waals surface area contributed by atoms with Gasteiger partial charge in [0.15, 0.2) is 0 Å². The van der Waals surface area contributed by atoms with E-state index in [0.29, 0.717) is 25.2 Å². The number of β-amino-alcohol motifs (C(OH)–C–C–N with tert-alkyl or cyclic N) is 1. The first kappa shape index (κ1) is 15.9. The second-order valence-electron chi connectivity index (χ2n) is 5.37. The summed E-state index contributed by atoms with van der Waals surface area (Å²) in [7, 11) is 1.70. The smallest absolute Gasteiger partial charge is 0.270 e. The molecule has 2 aliphatic rings. The molecule has 1 unspecified atom stereocenters. The van der Waals surface area contributed by atoms with Gasteiger partial charge in [-0.1, -0.05) is 0 Å². The molecule has 7 nitrogen and oxygen atoms in total. The van der Waals surface area contributed by atoms with E-state index in [9.17, 15) is 9.59 Å². The maximum atomic E-state index is 12.5. The third-order valence-corrected chi connectivity index (χ3v) is 3.96. The summed E-state index contributed by atoms with van der Waals surface area (Å²) in [5.74, 6) is -0.238. The van der Waals surface area contributed by atoms with Gasteiger partial charge in [0.25, 0.3) is 5.91 Å². The van der Waals surface area contributed by atoms with Gasteiger partial charge in [-0.05, 0) is 19.3 Å². The number of hydrogen-bond acceptors (Lipinski definition) is 5. The zero-order valence-electron chi connectivity index (χ0n) is 12.5. The number of nitrogens with zero attached hydrogens (tertiary/aromatic N) is 3. The molecular formula is C14H23N3O4. The molecule has 0 bridgehead atoms. The number of ether oxygens (including phenoxy) is 1. The molecule has 2 amide bonds. The Hall–Kier alpha value is -1.47. The number of hydrazone groups is 1. The molecule has 1 N–H and O–H groups in total. The van der Waals surface area contributed by atoms with E-state index in [2.05, 4.69) is 5.10 Å². The molecule has 0 aromatic heterocycles. The molecule has 0 aliphatic carbocycles. The lowest BCUT2D eigenvalue weighted by Crippen LogP contribution is -2.42. The van der Waals surface area contributed by atoms with E-state index in [0.717, 1.165) is 19.3 Å². The van der Waals surface area contributed by atoms with Crippen molar-refractivity contribution in [3.63, 3.8) is 0 Å². The average molecular weight is 297 g/mol. The van der Waals surface area contributed by atoms with Crippen LogP contribution < -0.4 is 0 Å². The maximum Gasteiger partial charge on any atom is 0.270 e. The summed E-state index contributed by atoms with van der Waals surface area (Å²) >= 11 is 0. The van der Waals surface area contributed by atoms with E-state index in [-0.39, 0.29) is 37.5 Å². The number of carbonyl (C=O) groups is 2. The predicted octanol–water partition coefficient (Wildman–Crippen LogP) is -0.0154. The van der Waals surface area contributed by atoms with Crippen molar-refractivity contribution in [3.8, 4) is 0 Å². The number of aliphatic hydroxyl groups excluding tert-OH is 1. The summed E-state index contributed by atoms with van der Waals surface area (Å²) in [5, 5.41) is 14.2. The minimum Gasteiger partial charge on any atom is -0.394 e. The van der Waals surface area contributed by atoms with Crippen molar-refractivity contribution in [2.45, 2.75) is 38.2 Å². The van der Waals surface area contributed by atoms with Gasteiger partial charge in [-0.2, -0.15) is 5.10 Å². The lowest BCUT2D eigenvalue weighted by Gasteiger charge is -2.26. The highest BCUT2D eigenvalue weighted by molar-refractivity contribution is 6.39. The number of likely N-dealkylation sites (tertiary alicyclic amines) is 1. The van der Waals surface area contributed by atoms with Gasteiger partial charge in [-0.15, -0.1) is 0 Å². The van der Waals surface area contributed by atoms with Gasteiger partial charge in [0, 0.05) is 33.0 Å². The summed E-state index contributed by atoms with van der Waals surface area (Å²) in [6.07, 6.45) is 3.57. The molecule has 2 heterocycles. The van der Waals surface area contributed by atoms with Crippen molar-refractivity contribution in [2.24, 2.45) is 5.10 Å². The SMILES string of the molecule is COC1CCCN(C(=O)C2=NN(CCO)C(=O)CC2)CC1. The van der Waals surface area contributed by atoms with Crippen LogP contribution in [0, 0.1) is 0 Å². The van der Waals surface area contributed by atoms with Gasteiger partial charge in [0.05, 0.1) is 19.3 Å². The highest BCUT2D eigenvalue weighted by Crippen LogP contribution is 2.16. The molecule has 2 aliphatic heterocycles. The Kier molecular flexibility index (Phi) is 5.69. The summed E-state index contributed by atoms with van der Waals surface area (Å²) in [6, 6.07) is 0. The third-order valence-electron chi connectivity index (χ3n) is 3.96. The first-order valence-corrected chi connectivity index (χ1v) is 7.46. The number of rotatable bonds is 4. The first-order valence-electron chi connectivity index (χ1n) is 7.46. The van der Waals surface area contributed by atoms with E-state index in [1.807, 2.05) is 0 Å². The summed E-state index contributed by atoms with van der Waals surface area (Å²) < 4.78 is 5.36. The fourth-order valence-electron chi connectivity index (χ4n) is 2.71. The second-order valence-corrected chi connectivity index (χ2v) is 5.37. The number of aliphatic hydroxyl groups is 1. The van der Waals surface area contributed by atoms with Gasteiger partial charge in [0.1, 0.15) is 5.71 Å². The molecule has 7 heteroatoms. The summed E-state index contributed by atoms with van der Waals surface area (Å²) in [4.78, 5) is 25.9. The molecule has 118 valence electrons. The molecule has 21 heavy (non-hydrogen) atoms. The van der Waals surface area contributed by atoms with Gasteiger partial charge >= 0.3 is 0 Å². The highest BCUT2D eigenvalue weighted by atomic mass is 16.5. The van der Waals surface area contributed by atoms with Gasteiger partial charge in [-0.25, -0.2) is 5.01 Å². The lowest BCUT2D eigenvalue weighted by molar-refractivity contribution is -0.132. The Balaban J connectivity index is 2.01. The molecule has 1 saturated heterocycles. The average Bonchev–Trinajstić information content (AvgIpc) is 2.74. The minimum absolute atomic E-state index is 0.0952. The molecule has 0 saturated carbocycles. The van der Waals surface area contributed by atoms with E-state index in [4.69, 9.17) is 9.84 Å². The van der Waals surface area contributed by atoms with Crippen molar-refractivity contribution in [1.82, 2.24) is 9.91 Å². The zero-order valence-corrected chi connectivity index (χ0v) is 12.5. The monoisotopic (exact) mass is 297 g/mol. The number of amides is 2. The fraction of sp³-hybridized carbons (Fsp3) is 0.786. The van der Waals surface area contributed by atoms with E-state index in [1.165, 1.54) is 5.01 Å². The van der Waals surface area contributed by atoms with Crippen LogP contribution in [0.25, 0.3) is 0 Å². The number of carbonyl (C=O) groups excluding carboxylic acids is 2. The first-order chi connectivity index (χ1) is 10.2. The highest BCUT2D eigenvalue weighted by Gasteiger charge is 2.28. The Morgan fingerprint density at radius 3 is 2.90 bits per heavy atom. The van der Waals surface area contributed by atoms with Gasteiger partial charge in [0.2, 0.25) is 5.91 Å². The van der Waals surface area contributed by atoms with E-state index >= 15 is 0 Å². The standard InChI is InChI=1S/C14H23N3O4/c1-21-11-3-2-7-16(8-6-11)14(20)12-4-5-13(19)17(15-12)9-10-18/h11,18H,2-10H2,1H3. The quantitative estimate of drug-likeness (QED) is 0.791. The van der Waals surface area contributed by atoms with Crippen molar-refractivity contribution in [1.29, 1.82) is 0 Å². The molecule has 0 aromatic carbocycles. The van der Waals surface area contributed by atoms with Crippen LogP contribution in [0.4, 0.5) is 0 Å². The van der Waals surface area contributed by atoms with Crippen LogP contribution in [0.5, 0.6) is 0 Å². The Bertz CT molecular complexity index is 424. The molecule has 0 aromatic rings. The lowest BCUT2D eigenvalue weighted by atomic mass is 10.1. The van der Waals surface area contributed by atoms with E-state index in [1.54, 1.807) is 12.0 Å². The van der Waals surface area contributed by atoms with Gasteiger partial charge < -0.3 is 14.7 Å². The minimum atomic E-state index is -0.157. The number of hydrogen-bond donors (Lipinski definition) is 1. The maximum absolute atomic E-state index is 12.5. The molecule has 1 fully saturated rings. The molecular weight excluding hydrogens is 274 g/mol. The Labute approximate surface area is 124 Å². The predicted molar refractivity (Wildman–Crippen MR) is 76.7 cm³/mol. The molecule has 0 radical (unpaired) electrons. The Morgan fingerprint density at radius 1 is 1.38 bits per heavy atom. The molecule has 1 atom stereocenters. The van der Waals surface area contributed by atoms with Crippen LogP contribution in [0.1, 0.15) is 32.1 Å². The summed E-state index contributed by atoms with van der Waals surface area (Å²) in [6.45, 7) is 1.34.